The van der Waals surface area contributed by atoms with Crippen molar-refractivity contribution in [2.45, 2.75) is 6.04 Å². The average molecular weight is 500 g/mol. The molecule has 0 amide bonds. The molecule has 2 aromatic heterocycles. The molecule has 0 aliphatic rings. The maximum absolute atomic E-state index is 11.2. The first-order chi connectivity index (χ1) is 14.3. The standard InChI is InChI=1S/C17H22AsN4O7P/c1-27-7-8-29-16-20-14(18)13-15(21-16)22(17(23)19-13)12(9-28-10-30(24,25)26)11-5-3-2-4-6-11/h2-6,12H,7-10,18H2,1H3,(H,19,23)(H2,24,25,26). The average Bonchev–Trinajstić information content (AvgIpc) is 3.02. The fraction of sp³-hybridized carbons (Fsp3) is 0.353. The van der Waals surface area contributed by atoms with Gasteiger partial charge in [0.05, 0.1) is 0 Å². The molecule has 0 radical (unpaired) electrons. The summed E-state index contributed by atoms with van der Waals surface area (Å²) in [5.41, 5.74) is 1.46. The van der Waals surface area contributed by atoms with Gasteiger partial charge in [0, 0.05) is 0 Å². The van der Waals surface area contributed by atoms with Gasteiger partial charge in [-0.15, -0.1) is 0 Å². The Morgan fingerprint density at radius 2 is 1.90 bits per heavy atom. The summed E-state index contributed by atoms with van der Waals surface area (Å²) in [5, 5.41) is 10.6. The van der Waals surface area contributed by atoms with Gasteiger partial charge in [0.25, 0.3) is 0 Å². The molecule has 1 aromatic carbocycles. The zero-order valence-corrected chi connectivity index (χ0v) is 19.4. The van der Waals surface area contributed by atoms with Crippen LogP contribution in [0.5, 0.6) is 12.0 Å². The number of ether oxygens (including phenoxy) is 3. The van der Waals surface area contributed by atoms with Gasteiger partial charge in [0.2, 0.25) is 0 Å². The van der Waals surface area contributed by atoms with E-state index in [-0.39, 0.29) is 25.2 Å². The van der Waals surface area contributed by atoms with Gasteiger partial charge in [0.15, 0.2) is 0 Å². The van der Waals surface area contributed by atoms with Crippen molar-refractivity contribution in [3.05, 3.63) is 35.9 Å². The summed E-state index contributed by atoms with van der Waals surface area (Å²) in [7, 11) is -2.79. The second-order valence-electron chi connectivity index (χ2n) is 6.28. The number of aromatic hydroxyl groups is 1. The third kappa shape index (κ3) is 5.57. The predicted octanol–water partition coefficient (Wildman–Crippen LogP) is -0.443. The number of nitrogens with zero attached hydrogens (tertiary/aromatic N) is 4. The number of hydrogen-bond donors (Lipinski definition) is 3. The molecular formula is C17H22AsN4O7P. The molecule has 0 aliphatic carbocycles. The molecule has 0 spiro atoms. The van der Waals surface area contributed by atoms with E-state index in [9.17, 15) is 9.67 Å². The molecule has 0 fully saturated rings. The van der Waals surface area contributed by atoms with Crippen LogP contribution in [-0.2, 0) is 14.0 Å². The molecule has 11 nitrogen and oxygen atoms in total. The van der Waals surface area contributed by atoms with E-state index in [0.29, 0.717) is 22.3 Å². The van der Waals surface area contributed by atoms with E-state index < -0.39 is 20.0 Å². The quantitative estimate of drug-likeness (QED) is 0.190. The van der Waals surface area contributed by atoms with Crippen molar-refractivity contribution >= 4 is 40.1 Å². The molecule has 0 saturated carbocycles. The van der Waals surface area contributed by atoms with Crippen molar-refractivity contribution in [1.29, 1.82) is 0 Å². The van der Waals surface area contributed by atoms with Crippen LogP contribution in [0.25, 0.3) is 11.2 Å². The molecule has 3 aromatic rings. The Labute approximate surface area is 180 Å². The Morgan fingerprint density at radius 1 is 1.17 bits per heavy atom. The topological polar surface area (TPSA) is 149 Å². The van der Waals surface area contributed by atoms with Gasteiger partial charge in [-0.3, -0.25) is 0 Å². The molecule has 30 heavy (non-hydrogen) atoms. The van der Waals surface area contributed by atoms with E-state index in [1.165, 1.54) is 21.4 Å². The fourth-order valence-corrected chi connectivity index (χ4v) is 3.79. The van der Waals surface area contributed by atoms with Crippen molar-refractivity contribution in [1.82, 2.24) is 19.5 Å². The van der Waals surface area contributed by atoms with Gasteiger partial charge in [0.1, 0.15) is 0 Å². The number of fused-ring (bicyclic) bond motifs is 1. The Kier molecular flexibility index (Phi) is 7.46. The zero-order valence-electron chi connectivity index (χ0n) is 16.1. The molecule has 13 heteroatoms. The van der Waals surface area contributed by atoms with Crippen LogP contribution in [0.2, 0.25) is 0 Å². The van der Waals surface area contributed by atoms with Crippen LogP contribution in [-0.4, -0.2) is 84.5 Å². The van der Waals surface area contributed by atoms with Crippen molar-refractivity contribution in [2.24, 2.45) is 0 Å². The number of hydrogen-bond acceptors (Lipinski definition) is 8. The summed E-state index contributed by atoms with van der Waals surface area (Å²) in [6.45, 7) is 0.489. The van der Waals surface area contributed by atoms with Crippen LogP contribution in [0.15, 0.2) is 30.3 Å². The molecule has 2 atom stereocenters. The number of methoxy groups -OCH3 is 1. The van der Waals surface area contributed by atoms with E-state index in [4.69, 9.17) is 24.0 Å². The second kappa shape index (κ2) is 9.87. The van der Waals surface area contributed by atoms with Crippen LogP contribution in [0.4, 0.5) is 0 Å². The molecule has 3 N–H and O–H groups in total. The molecule has 0 aliphatic heterocycles. The molecule has 162 valence electrons. The van der Waals surface area contributed by atoms with Gasteiger partial charge in [-0.05, 0) is 0 Å². The summed E-state index contributed by atoms with van der Waals surface area (Å²) >= 11 is 1.18. The SMILES string of the molecule is COCCOc1nc([AsH2])c2nc(O)n(C(COCP(=O)(O)O)c3ccccc3)c2n1. The maximum atomic E-state index is 11.2. The van der Waals surface area contributed by atoms with Crippen molar-refractivity contribution < 1.29 is 33.7 Å². The third-order valence-electron chi connectivity index (χ3n) is 4.08. The van der Waals surface area contributed by atoms with E-state index in [1.807, 2.05) is 30.3 Å². The third-order valence-corrected chi connectivity index (χ3v) is 5.44. The summed E-state index contributed by atoms with van der Waals surface area (Å²) in [6, 6.07) is 8.23. The van der Waals surface area contributed by atoms with Gasteiger partial charge < -0.3 is 0 Å². The summed E-state index contributed by atoms with van der Waals surface area (Å²) in [6.07, 6.45) is -0.744. The van der Waals surface area contributed by atoms with Gasteiger partial charge >= 0.3 is 181 Å². The Bertz CT molecular complexity index is 1040. The van der Waals surface area contributed by atoms with Crippen LogP contribution in [0.1, 0.15) is 11.6 Å². The monoisotopic (exact) mass is 500 g/mol. The molecule has 0 bridgehead atoms. The van der Waals surface area contributed by atoms with Gasteiger partial charge in [-0.25, -0.2) is 0 Å². The first-order valence-electron chi connectivity index (χ1n) is 8.83. The Morgan fingerprint density at radius 3 is 2.57 bits per heavy atom. The summed E-state index contributed by atoms with van der Waals surface area (Å²) < 4.78 is 28.9. The Hall–Kier alpha value is -2.00. The first kappa shape index (κ1) is 22.7. The number of aromatic nitrogens is 4. The second-order valence-corrected chi connectivity index (χ2v) is 9.01. The van der Waals surface area contributed by atoms with Gasteiger partial charge in [-0.2, -0.15) is 0 Å². The number of rotatable bonds is 10. The van der Waals surface area contributed by atoms with Crippen LogP contribution in [0, 0.1) is 0 Å². The van der Waals surface area contributed by atoms with Crippen LogP contribution < -0.4 is 9.22 Å². The predicted molar refractivity (Wildman–Crippen MR) is 110 cm³/mol. The van der Waals surface area contributed by atoms with Crippen molar-refractivity contribution in [2.75, 3.05) is 33.3 Å². The molecule has 2 unspecified atom stereocenters. The van der Waals surface area contributed by atoms with E-state index >= 15 is 0 Å². The minimum absolute atomic E-state index is 0.114. The molecular weight excluding hydrogens is 478 g/mol. The number of benzene rings is 1. The van der Waals surface area contributed by atoms with E-state index in [1.54, 1.807) is 7.11 Å². The minimum atomic E-state index is -4.35. The fourth-order valence-electron chi connectivity index (χ4n) is 2.81. The van der Waals surface area contributed by atoms with Gasteiger partial charge in [-0.1, -0.05) is 0 Å². The molecule has 2 heterocycles. The van der Waals surface area contributed by atoms with Crippen LogP contribution >= 0.6 is 7.60 Å². The van der Waals surface area contributed by atoms with Crippen molar-refractivity contribution in [3.8, 4) is 12.0 Å². The first-order valence-corrected chi connectivity index (χ1v) is 11.8. The summed E-state index contributed by atoms with van der Waals surface area (Å²) in [4.78, 5) is 31.0. The van der Waals surface area contributed by atoms with E-state index in [2.05, 4.69) is 15.0 Å². The normalized spacial score (nSPS) is 12.9. The van der Waals surface area contributed by atoms with E-state index in [0.717, 1.165) is 5.56 Å². The Balaban J connectivity index is 2.03. The van der Waals surface area contributed by atoms with Crippen LogP contribution in [0.3, 0.4) is 0 Å². The summed E-state index contributed by atoms with van der Waals surface area (Å²) in [5.74, 6) is 0. The van der Waals surface area contributed by atoms with Crippen molar-refractivity contribution in [3.63, 3.8) is 0 Å². The molecule has 0 saturated heterocycles. The zero-order chi connectivity index (χ0) is 21.7. The number of imidazole rings is 1. The molecule has 3 rings (SSSR count).